The van der Waals surface area contributed by atoms with E-state index in [2.05, 4.69) is 27.4 Å². The highest BCUT2D eigenvalue weighted by Crippen LogP contribution is 2.35. The summed E-state index contributed by atoms with van der Waals surface area (Å²) in [5, 5.41) is 13.4. The van der Waals surface area contributed by atoms with Crippen LogP contribution in [0.2, 0.25) is 0 Å². The Morgan fingerprint density at radius 1 is 1.57 bits per heavy atom. The Balaban J connectivity index is 1.76. The molecule has 6 nitrogen and oxygen atoms in total. The van der Waals surface area contributed by atoms with Crippen LogP contribution < -0.4 is 5.32 Å². The van der Waals surface area contributed by atoms with Gasteiger partial charge >= 0.3 is 6.03 Å². The molecule has 0 radical (unpaired) electrons. The number of aryl methyl sites for hydroxylation is 2. The maximum atomic E-state index is 12.8. The molecule has 2 unspecified atom stereocenters. The van der Waals surface area contributed by atoms with Gasteiger partial charge in [-0.2, -0.15) is 5.10 Å². The summed E-state index contributed by atoms with van der Waals surface area (Å²) in [5.74, 6) is 0. The van der Waals surface area contributed by atoms with Gasteiger partial charge in [-0.1, -0.05) is 6.92 Å². The van der Waals surface area contributed by atoms with Crippen LogP contribution in [0.1, 0.15) is 60.2 Å². The van der Waals surface area contributed by atoms with Crippen molar-refractivity contribution in [3.05, 3.63) is 33.5 Å². The Kier molecular flexibility index (Phi) is 4.66. The Morgan fingerprint density at radius 2 is 2.39 bits per heavy atom. The lowest BCUT2D eigenvalue weighted by molar-refractivity contribution is 0.188. The fourth-order valence-corrected chi connectivity index (χ4v) is 4.11. The van der Waals surface area contributed by atoms with Crippen LogP contribution in [-0.2, 0) is 0 Å². The molecule has 2 amide bonds. The highest BCUT2D eigenvalue weighted by atomic mass is 32.1. The highest BCUT2D eigenvalue weighted by molar-refractivity contribution is 7.09. The van der Waals surface area contributed by atoms with Crippen LogP contribution in [-0.4, -0.2) is 32.7 Å². The number of thiazole rings is 1. The zero-order valence-corrected chi connectivity index (χ0v) is 14.6. The quantitative estimate of drug-likeness (QED) is 0.899. The molecule has 7 heteroatoms. The highest BCUT2D eigenvalue weighted by Gasteiger charge is 2.33. The van der Waals surface area contributed by atoms with Gasteiger partial charge in [-0.25, -0.2) is 9.78 Å². The number of amides is 2. The largest absolute Gasteiger partial charge is 0.329 e. The van der Waals surface area contributed by atoms with E-state index in [1.165, 1.54) is 5.56 Å². The first kappa shape index (κ1) is 16.0. The van der Waals surface area contributed by atoms with Gasteiger partial charge in [0, 0.05) is 29.4 Å². The van der Waals surface area contributed by atoms with Crippen LogP contribution in [0, 0.1) is 13.8 Å². The fraction of sp³-hybridized carbons (Fsp3) is 0.562. The third-order valence-corrected chi connectivity index (χ3v) is 5.38. The van der Waals surface area contributed by atoms with Gasteiger partial charge < -0.3 is 10.2 Å². The predicted molar refractivity (Wildman–Crippen MR) is 90.4 cm³/mol. The summed E-state index contributed by atoms with van der Waals surface area (Å²) < 4.78 is 0. The maximum absolute atomic E-state index is 12.8. The monoisotopic (exact) mass is 333 g/mol. The molecular formula is C16H23N5OS. The third-order valence-electron chi connectivity index (χ3n) is 4.49. The minimum Gasteiger partial charge on any atom is -0.329 e. The van der Waals surface area contributed by atoms with E-state index in [0.29, 0.717) is 0 Å². The molecule has 2 aromatic heterocycles. The van der Waals surface area contributed by atoms with Crippen molar-refractivity contribution in [1.29, 1.82) is 0 Å². The Bertz CT molecular complexity index is 647. The predicted octanol–water partition coefficient (Wildman–Crippen LogP) is 3.48. The summed E-state index contributed by atoms with van der Waals surface area (Å²) in [6.07, 6.45) is 4.63. The average molecular weight is 333 g/mol. The second kappa shape index (κ2) is 6.70. The lowest BCUT2D eigenvalue weighted by atomic mass is 10.0. The molecule has 3 heterocycles. The molecule has 2 atom stereocenters. The summed E-state index contributed by atoms with van der Waals surface area (Å²) >= 11 is 1.58. The van der Waals surface area contributed by atoms with E-state index in [0.717, 1.165) is 42.2 Å². The van der Waals surface area contributed by atoms with Crippen LogP contribution in [0.4, 0.5) is 4.79 Å². The molecule has 0 aliphatic carbocycles. The Labute approximate surface area is 140 Å². The van der Waals surface area contributed by atoms with Crippen molar-refractivity contribution >= 4 is 17.4 Å². The number of nitrogens with zero attached hydrogens (tertiary/aromatic N) is 3. The van der Waals surface area contributed by atoms with Crippen molar-refractivity contribution in [1.82, 2.24) is 25.4 Å². The first-order valence-electron chi connectivity index (χ1n) is 8.09. The van der Waals surface area contributed by atoms with Crippen molar-refractivity contribution in [2.75, 3.05) is 6.54 Å². The summed E-state index contributed by atoms with van der Waals surface area (Å²) in [6.45, 7) is 6.87. The minimum absolute atomic E-state index is 0.00505. The van der Waals surface area contributed by atoms with Crippen molar-refractivity contribution in [3.63, 3.8) is 0 Å². The van der Waals surface area contributed by atoms with Gasteiger partial charge in [0.25, 0.3) is 0 Å². The number of likely N-dealkylation sites (tertiary alicyclic amines) is 1. The summed E-state index contributed by atoms with van der Waals surface area (Å²) in [4.78, 5) is 19.1. The van der Waals surface area contributed by atoms with Gasteiger partial charge in [-0.3, -0.25) is 5.10 Å². The molecule has 1 saturated heterocycles. The van der Waals surface area contributed by atoms with Gasteiger partial charge in [-0.05, 0) is 33.1 Å². The Morgan fingerprint density at radius 3 is 3.00 bits per heavy atom. The van der Waals surface area contributed by atoms with Crippen molar-refractivity contribution in [3.8, 4) is 0 Å². The van der Waals surface area contributed by atoms with Crippen molar-refractivity contribution in [2.24, 2.45) is 0 Å². The van der Waals surface area contributed by atoms with E-state index in [-0.39, 0.29) is 18.1 Å². The zero-order chi connectivity index (χ0) is 16.4. The van der Waals surface area contributed by atoms with Gasteiger partial charge in [0.1, 0.15) is 5.01 Å². The summed E-state index contributed by atoms with van der Waals surface area (Å²) in [5.41, 5.74) is 3.21. The van der Waals surface area contributed by atoms with Crippen LogP contribution in [0.5, 0.6) is 0 Å². The number of hydrogen-bond donors (Lipinski definition) is 2. The lowest BCUT2D eigenvalue weighted by Gasteiger charge is -2.27. The molecule has 124 valence electrons. The molecule has 0 aromatic carbocycles. The molecule has 0 bridgehead atoms. The number of aromatic nitrogens is 3. The van der Waals surface area contributed by atoms with E-state index >= 15 is 0 Å². The standard InChI is InChI=1S/C16H23N5OS/c1-4-12(15-17-7-9-23-15)18-16(22)21-8-5-6-13(21)14-10(2)19-20-11(14)3/h7,9,12-13H,4-6,8H2,1-3H3,(H,18,22)(H,19,20). The number of urea groups is 1. The van der Waals surface area contributed by atoms with Gasteiger partial charge in [0.05, 0.1) is 17.8 Å². The Hall–Kier alpha value is -1.89. The van der Waals surface area contributed by atoms with E-state index < -0.39 is 0 Å². The third kappa shape index (κ3) is 3.10. The van der Waals surface area contributed by atoms with Crippen LogP contribution in [0.3, 0.4) is 0 Å². The smallest absolute Gasteiger partial charge is 0.318 e. The van der Waals surface area contributed by atoms with E-state index in [9.17, 15) is 4.79 Å². The molecular weight excluding hydrogens is 310 g/mol. The summed E-state index contributed by atoms with van der Waals surface area (Å²) in [6, 6.07) is 0.0902. The number of hydrogen-bond acceptors (Lipinski definition) is 4. The number of aromatic amines is 1. The first-order valence-corrected chi connectivity index (χ1v) is 8.97. The lowest BCUT2D eigenvalue weighted by Crippen LogP contribution is -2.41. The first-order chi connectivity index (χ1) is 11.1. The topological polar surface area (TPSA) is 73.9 Å². The number of carbonyl (C=O) groups excluding carboxylic acids is 1. The van der Waals surface area contributed by atoms with Crippen LogP contribution >= 0.6 is 11.3 Å². The van der Waals surface area contributed by atoms with E-state index in [1.54, 1.807) is 17.5 Å². The number of carbonyl (C=O) groups is 1. The van der Waals surface area contributed by atoms with Gasteiger partial charge in [-0.15, -0.1) is 11.3 Å². The van der Waals surface area contributed by atoms with E-state index in [4.69, 9.17) is 0 Å². The molecule has 1 fully saturated rings. The van der Waals surface area contributed by atoms with Crippen molar-refractivity contribution < 1.29 is 4.79 Å². The number of H-pyrrole nitrogens is 1. The normalized spacial score (nSPS) is 19.1. The SMILES string of the molecule is CCC(NC(=O)N1CCCC1c1c(C)n[nH]c1C)c1nccs1. The van der Waals surface area contributed by atoms with Crippen molar-refractivity contribution in [2.45, 2.75) is 52.1 Å². The van der Waals surface area contributed by atoms with Crippen LogP contribution in [0.25, 0.3) is 0 Å². The molecule has 1 aliphatic rings. The zero-order valence-electron chi connectivity index (χ0n) is 13.8. The molecule has 0 spiro atoms. The number of rotatable bonds is 4. The molecule has 3 rings (SSSR count). The van der Waals surface area contributed by atoms with E-state index in [1.807, 2.05) is 24.1 Å². The maximum Gasteiger partial charge on any atom is 0.318 e. The second-order valence-electron chi connectivity index (χ2n) is 5.98. The second-order valence-corrected chi connectivity index (χ2v) is 6.91. The molecule has 23 heavy (non-hydrogen) atoms. The molecule has 0 saturated carbocycles. The minimum atomic E-state index is -0.0182. The van der Waals surface area contributed by atoms with Gasteiger partial charge in [0.15, 0.2) is 0 Å². The molecule has 1 aliphatic heterocycles. The van der Waals surface area contributed by atoms with Gasteiger partial charge in [0.2, 0.25) is 0 Å². The fourth-order valence-electron chi connectivity index (χ4n) is 3.34. The molecule has 2 N–H and O–H groups in total. The average Bonchev–Trinajstić information content (AvgIpc) is 3.26. The number of nitrogens with one attached hydrogen (secondary N) is 2. The van der Waals surface area contributed by atoms with Crippen LogP contribution in [0.15, 0.2) is 11.6 Å². The molecule has 2 aromatic rings. The summed E-state index contributed by atoms with van der Waals surface area (Å²) in [7, 11) is 0.